The third kappa shape index (κ3) is 2.66. The van der Waals surface area contributed by atoms with Gasteiger partial charge in [-0.25, -0.2) is 8.42 Å². The van der Waals surface area contributed by atoms with Gasteiger partial charge in [0.05, 0.1) is 10.5 Å². The number of alkyl halides is 3. The van der Waals surface area contributed by atoms with Crippen molar-refractivity contribution < 1.29 is 21.6 Å². The van der Waals surface area contributed by atoms with E-state index in [4.69, 9.17) is 0 Å². The fraction of sp³-hybridized carbons (Fsp3) is 0.333. The van der Waals surface area contributed by atoms with Gasteiger partial charge in [0.2, 0.25) is 9.84 Å². The lowest BCUT2D eigenvalue weighted by atomic mass is 10.0. The molecule has 0 aromatic heterocycles. The Balaban J connectivity index is 2.51. The van der Waals surface area contributed by atoms with Crippen molar-refractivity contribution in [3.63, 3.8) is 0 Å². The maximum atomic E-state index is 12.6. The summed E-state index contributed by atoms with van der Waals surface area (Å²) in [6.45, 7) is 0.497. The third-order valence-electron chi connectivity index (χ3n) is 2.90. The fourth-order valence-corrected chi connectivity index (χ4v) is 3.47. The van der Waals surface area contributed by atoms with Crippen LogP contribution in [0.2, 0.25) is 0 Å². The Bertz CT molecular complexity index is 633. The van der Waals surface area contributed by atoms with Crippen molar-refractivity contribution in [2.24, 2.45) is 0 Å². The summed E-state index contributed by atoms with van der Waals surface area (Å²) in [5.41, 5.74) is -0.265. The molecule has 104 valence electrons. The van der Waals surface area contributed by atoms with Gasteiger partial charge in [0.1, 0.15) is 0 Å². The van der Waals surface area contributed by atoms with Gasteiger partial charge in [-0.05, 0) is 49.3 Å². The van der Waals surface area contributed by atoms with E-state index in [0.29, 0.717) is 18.5 Å². The van der Waals surface area contributed by atoms with Crippen molar-refractivity contribution in [3.05, 3.63) is 34.7 Å². The zero-order chi connectivity index (χ0) is 14.3. The minimum Gasteiger partial charge on any atom is -0.319 e. The summed E-state index contributed by atoms with van der Waals surface area (Å²) in [6.07, 6.45) is -4.11. The summed E-state index contributed by atoms with van der Waals surface area (Å²) in [5, 5.41) is 3.89. The zero-order valence-corrected chi connectivity index (χ0v) is 10.9. The molecule has 0 fully saturated rings. The number of fused-ring (bicyclic) bond motifs is 1. The molecule has 0 amide bonds. The Morgan fingerprint density at radius 1 is 1.26 bits per heavy atom. The Labute approximate surface area is 109 Å². The molecule has 0 atom stereocenters. The normalized spacial score (nSPS) is 17.2. The van der Waals surface area contributed by atoms with Crippen LogP contribution in [0.25, 0.3) is 5.57 Å². The number of rotatable bonds is 3. The molecule has 7 heteroatoms. The summed E-state index contributed by atoms with van der Waals surface area (Å²) in [5.74, 6) is 0. The van der Waals surface area contributed by atoms with Crippen LogP contribution in [-0.4, -0.2) is 22.0 Å². The molecule has 0 bridgehead atoms. The quantitative estimate of drug-likeness (QED) is 0.930. The molecular weight excluding hydrogens is 279 g/mol. The first-order chi connectivity index (χ1) is 8.75. The topological polar surface area (TPSA) is 46.2 Å². The highest BCUT2D eigenvalue weighted by Crippen LogP contribution is 2.39. The molecule has 3 nitrogen and oxygen atoms in total. The summed E-state index contributed by atoms with van der Waals surface area (Å²) < 4.78 is 61.6. The third-order valence-corrected chi connectivity index (χ3v) is 4.46. The molecule has 0 spiro atoms. The number of sulfone groups is 1. The second kappa shape index (κ2) is 4.64. The van der Waals surface area contributed by atoms with Crippen LogP contribution < -0.4 is 5.32 Å². The molecule has 0 unspecified atom stereocenters. The van der Waals surface area contributed by atoms with Crippen LogP contribution >= 0.6 is 0 Å². The van der Waals surface area contributed by atoms with Crippen LogP contribution in [0, 0.1) is 0 Å². The lowest BCUT2D eigenvalue weighted by Crippen LogP contribution is -2.08. The van der Waals surface area contributed by atoms with Crippen LogP contribution in [0.3, 0.4) is 0 Å². The predicted molar refractivity (Wildman–Crippen MR) is 65.2 cm³/mol. The number of benzene rings is 1. The molecule has 1 heterocycles. The number of nitrogens with one attached hydrogen (secondary N) is 1. The Hall–Kier alpha value is -1.34. The lowest BCUT2D eigenvalue weighted by Gasteiger charge is -2.10. The van der Waals surface area contributed by atoms with Crippen molar-refractivity contribution in [1.82, 2.24) is 5.32 Å². The first kappa shape index (κ1) is 14.1. The Kier molecular flexibility index (Phi) is 3.44. The predicted octanol–water partition coefficient (Wildman–Crippen LogP) is 2.44. The van der Waals surface area contributed by atoms with Crippen molar-refractivity contribution in [3.8, 4) is 0 Å². The molecule has 2 rings (SSSR count). The minimum absolute atomic E-state index is 0.0494. The Morgan fingerprint density at radius 2 is 1.95 bits per heavy atom. The smallest absolute Gasteiger partial charge is 0.319 e. The van der Waals surface area contributed by atoms with Crippen LogP contribution in [0.15, 0.2) is 28.5 Å². The zero-order valence-electron chi connectivity index (χ0n) is 10.1. The van der Waals surface area contributed by atoms with Gasteiger partial charge in [-0.1, -0.05) is 0 Å². The van der Waals surface area contributed by atoms with E-state index in [0.717, 1.165) is 23.6 Å². The van der Waals surface area contributed by atoms with Gasteiger partial charge in [0.15, 0.2) is 0 Å². The van der Waals surface area contributed by atoms with Crippen LogP contribution in [0.4, 0.5) is 13.2 Å². The molecule has 0 radical (unpaired) electrons. The number of hydrogen-bond donors (Lipinski definition) is 1. The average molecular weight is 291 g/mol. The van der Waals surface area contributed by atoms with Crippen molar-refractivity contribution in [2.45, 2.75) is 17.5 Å². The van der Waals surface area contributed by atoms with Gasteiger partial charge in [0.25, 0.3) is 0 Å². The van der Waals surface area contributed by atoms with Gasteiger partial charge in [0, 0.05) is 5.41 Å². The number of hydrogen-bond acceptors (Lipinski definition) is 3. The van der Waals surface area contributed by atoms with Crippen LogP contribution in [0.5, 0.6) is 0 Å². The summed E-state index contributed by atoms with van der Waals surface area (Å²) in [7, 11) is -1.91. The van der Waals surface area contributed by atoms with E-state index < -0.39 is 21.6 Å². The highest BCUT2D eigenvalue weighted by molar-refractivity contribution is 7.95. The van der Waals surface area contributed by atoms with Gasteiger partial charge in [-0.2, -0.15) is 13.2 Å². The lowest BCUT2D eigenvalue weighted by molar-refractivity contribution is -0.137. The van der Waals surface area contributed by atoms with Crippen molar-refractivity contribution in [1.29, 1.82) is 0 Å². The molecule has 0 aliphatic carbocycles. The van der Waals surface area contributed by atoms with Crippen LogP contribution in [0.1, 0.15) is 17.5 Å². The fourth-order valence-electron chi connectivity index (χ4n) is 1.97. The summed E-state index contributed by atoms with van der Waals surface area (Å²) in [4.78, 5) is -0.0494. The van der Waals surface area contributed by atoms with Crippen LogP contribution in [-0.2, 0) is 16.0 Å². The largest absolute Gasteiger partial charge is 0.416 e. The van der Waals surface area contributed by atoms with E-state index in [9.17, 15) is 21.6 Å². The van der Waals surface area contributed by atoms with Gasteiger partial charge in [-0.3, -0.25) is 0 Å². The second-order valence-electron chi connectivity index (χ2n) is 4.25. The van der Waals surface area contributed by atoms with E-state index in [1.807, 2.05) is 0 Å². The van der Waals surface area contributed by atoms with Gasteiger partial charge < -0.3 is 5.32 Å². The van der Waals surface area contributed by atoms with Crippen molar-refractivity contribution >= 4 is 15.4 Å². The molecule has 1 aliphatic heterocycles. The highest BCUT2D eigenvalue weighted by Gasteiger charge is 2.34. The van der Waals surface area contributed by atoms with E-state index >= 15 is 0 Å². The summed E-state index contributed by atoms with van der Waals surface area (Å²) in [6, 6.07) is 2.73. The second-order valence-corrected chi connectivity index (χ2v) is 6.02. The average Bonchev–Trinajstić information content (AvgIpc) is 2.57. The molecule has 1 N–H and O–H groups in total. The Morgan fingerprint density at radius 3 is 2.53 bits per heavy atom. The first-order valence-electron chi connectivity index (χ1n) is 5.57. The van der Waals surface area contributed by atoms with E-state index in [1.165, 1.54) is 0 Å². The maximum absolute atomic E-state index is 12.6. The van der Waals surface area contributed by atoms with Gasteiger partial charge in [-0.15, -0.1) is 0 Å². The monoisotopic (exact) mass is 291 g/mol. The maximum Gasteiger partial charge on any atom is 0.416 e. The molecule has 1 aromatic carbocycles. The molecule has 0 saturated carbocycles. The highest BCUT2D eigenvalue weighted by atomic mass is 32.2. The SMILES string of the molecule is CNCCC1=CS(=O)(=O)c2ccc(C(F)(F)F)cc21. The van der Waals surface area contributed by atoms with E-state index in [-0.39, 0.29) is 10.5 Å². The molecular formula is C12H12F3NO2S. The van der Waals surface area contributed by atoms with E-state index in [1.54, 1.807) is 7.05 Å². The summed E-state index contributed by atoms with van der Waals surface area (Å²) >= 11 is 0. The molecule has 19 heavy (non-hydrogen) atoms. The van der Waals surface area contributed by atoms with Crippen molar-refractivity contribution in [2.75, 3.05) is 13.6 Å². The molecule has 1 aliphatic rings. The minimum atomic E-state index is -4.48. The first-order valence-corrected chi connectivity index (χ1v) is 7.12. The number of halogens is 3. The molecule has 1 aromatic rings. The van der Waals surface area contributed by atoms with E-state index in [2.05, 4.69) is 5.32 Å². The molecule has 0 saturated heterocycles. The van der Waals surface area contributed by atoms with Gasteiger partial charge >= 0.3 is 6.18 Å². The standard InChI is InChI=1S/C12H12F3NO2S/c1-16-5-4-8-7-19(17,18)11-3-2-9(6-10(8)11)12(13,14)15/h2-3,6-7,16H,4-5H2,1H3.